The van der Waals surface area contributed by atoms with E-state index in [9.17, 15) is 0 Å². The molecular weight excluding hydrogens is 274 g/mol. The summed E-state index contributed by atoms with van der Waals surface area (Å²) in [6.45, 7) is 0. The van der Waals surface area contributed by atoms with Crippen LogP contribution in [-0.4, -0.2) is 34.0 Å². The monoisotopic (exact) mass is 287 g/mol. The number of benzene rings is 1. The number of nitrogens with one attached hydrogen (secondary N) is 1. The lowest BCUT2D eigenvalue weighted by atomic mass is 10.3. The molecule has 3 N–H and O–H groups in total. The first-order valence-electron chi connectivity index (χ1n) is 5.91. The van der Waals surface area contributed by atoms with Crippen molar-refractivity contribution in [1.82, 2.24) is 19.9 Å². The van der Waals surface area contributed by atoms with Gasteiger partial charge in [-0.2, -0.15) is 15.0 Å². The van der Waals surface area contributed by atoms with Gasteiger partial charge >= 0.3 is 0 Å². The van der Waals surface area contributed by atoms with Crippen LogP contribution in [0.2, 0.25) is 0 Å². The number of fused-ring (bicyclic) bond motifs is 1. The Balaban J connectivity index is 1.93. The van der Waals surface area contributed by atoms with Crippen molar-refractivity contribution in [3.8, 4) is 0 Å². The highest BCUT2D eigenvalue weighted by molar-refractivity contribution is 7.16. The van der Waals surface area contributed by atoms with Gasteiger partial charge in [0.05, 0.1) is 15.7 Å². The number of rotatable bonds is 3. The second kappa shape index (κ2) is 4.89. The molecule has 7 nitrogen and oxygen atoms in total. The molecule has 0 aliphatic heterocycles. The molecule has 0 atom stereocenters. The fourth-order valence-electron chi connectivity index (χ4n) is 1.70. The molecule has 0 saturated carbocycles. The molecule has 2 aromatic heterocycles. The summed E-state index contributed by atoms with van der Waals surface area (Å²) in [6, 6.07) is 5.88. The maximum absolute atomic E-state index is 5.69. The number of hydrogen-bond donors (Lipinski definition) is 2. The van der Waals surface area contributed by atoms with Gasteiger partial charge < -0.3 is 16.0 Å². The van der Waals surface area contributed by atoms with Gasteiger partial charge in [-0.1, -0.05) is 0 Å². The van der Waals surface area contributed by atoms with Crippen molar-refractivity contribution in [3.05, 3.63) is 23.7 Å². The number of aromatic nitrogens is 4. The van der Waals surface area contributed by atoms with Gasteiger partial charge in [0.2, 0.25) is 17.8 Å². The standard InChI is InChI=1S/C12H13N7S/c1-19(2)12-17-10(13)16-11(18-12)15-7-3-4-8-9(5-7)20-6-14-8/h3-6H,1-2H3,(H3,13,15,16,17,18). The largest absolute Gasteiger partial charge is 0.368 e. The molecule has 2 heterocycles. The normalized spacial score (nSPS) is 10.7. The molecular formula is C12H13N7S. The van der Waals surface area contributed by atoms with Crippen molar-refractivity contribution in [2.24, 2.45) is 0 Å². The molecule has 3 aromatic rings. The molecule has 0 saturated heterocycles. The molecule has 102 valence electrons. The lowest BCUT2D eigenvalue weighted by Gasteiger charge is -2.12. The van der Waals surface area contributed by atoms with E-state index in [0.717, 1.165) is 15.9 Å². The lowest BCUT2D eigenvalue weighted by Crippen LogP contribution is -2.15. The van der Waals surface area contributed by atoms with E-state index in [-0.39, 0.29) is 5.95 Å². The predicted octanol–water partition coefficient (Wildman–Crippen LogP) is 1.87. The first-order valence-corrected chi connectivity index (χ1v) is 6.79. The SMILES string of the molecule is CN(C)c1nc(N)nc(Nc2ccc3ncsc3c2)n1. The van der Waals surface area contributed by atoms with E-state index < -0.39 is 0 Å². The van der Waals surface area contributed by atoms with Gasteiger partial charge in [0.15, 0.2) is 0 Å². The number of thiazole rings is 1. The van der Waals surface area contributed by atoms with Crippen LogP contribution in [0, 0.1) is 0 Å². The Morgan fingerprint density at radius 2 is 2.05 bits per heavy atom. The summed E-state index contributed by atoms with van der Waals surface area (Å²) >= 11 is 1.59. The van der Waals surface area contributed by atoms with Gasteiger partial charge in [-0.05, 0) is 18.2 Å². The molecule has 0 bridgehead atoms. The van der Waals surface area contributed by atoms with Crippen LogP contribution in [0.4, 0.5) is 23.5 Å². The summed E-state index contributed by atoms with van der Waals surface area (Å²) in [5, 5.41) is 3.13. The number of anilines is 4. The first-order chi connectivity index (χ1) is 9.61. The van der Waals surface area contributed by atoms with Crippen LogP contribution in [0.1, 0.15) is 0 Å². The van der Waals surface area contributed by atoms with E-state index in [4.69, 9.17) is 5.73 Å². The summed E-state index contributed by atoms with van der Waals surface area (Å²) in [7, 11) is 3.70. The summed E-state index contributed by atoms with van der Waals surface area (Å²) in [5.41, 5.74) is 9.37. The lowest BCUT2D eigenvalue weighted by molar-refractivity contribution is 0.969. The molecule has 0 radical (unpaired) electrons. The average molecular weight is 287 g/mol. The average Bonchev–Trinajstić information content (AvgIpc) is 2.85. The van der Waals surface area contributed by atoms with Gasteiger partial charge in [0.25, 0.3) is 0 Å². The second-order valence-electron chi connectivity index (χ2n) is 4.37. The third-order valence-corrected chi connectivity index (χ3v) is 3.42. The van der Waals surface area contributed by atoms with Crippen LogP contribution in [0.15, 0.2) is 23.7 Å². The van der Waals surface area contributed by atoms with E-state index in [1.807, 2.05) is 37.8 Å². The Kier molecular flexibility index (Phi) is 3.07. The van der Waals surface area contributed by atoms with Crippen LogP contribution >= 0.6 is 11.3 Å². The number of hydrogen-bond acceptors (Lipinski definition) is 8. The maximum atomic E-state index is 5.69. The molecule has 0 fully saturated rings. The van der Waals surface area contributed by atoms with Crippen LogP contribution in [0.5, 0.6) is 0 Å². The van der Waals surface area contributed by atoms with E-state index in [1.54, 1.807) is 16.2 Å². The van der Waals surface area contributed by atoms with E-state index in [0.29, 0.717) is 11.9 Å². The van der Waals surface area contributed by atoms with Crippen molar-refractivity contribution in [1.29, 1.82) is 0 Å². The fraction of sp³-hybridized carbons (Fsp3) is 0.167. The first kappa shape index (κ1) is 12.5. The van der Waals surface area contributed by atoms with Gasteiger partial charge in [0.1, 0.15) is 0 Å². The van der Waals surface area contributed by atoms with Crippen molar-refractivity contribution >= 4 is 45.1 Å². The summed E-state index contributed by atoms with van der Waals surface area (Å²) in [6.07, 6.45) is 0. The quantitative estimate of drug-likeness (QED) is 0.759. The molecule has 3 rings (SSSR count). The topological polar surface area (TPSA) is 92.9 Å². The van der Waals surface area contributed by atoms with Crippen LogP contribution < -0.4 is 16.0 Å². The summed E-state index contributed by atoms with van der Waals surface area (Å²) < 4.78 is 1.10. The second-order valence-corrected chi connectivity index (χ2v) is 5.26. The minimum absolute atomic E-state index is 0.185. The highest BCUT2D eigenvalue weighted by atomic mass is 32.1. The minimum Gasteiger partial charge on any atom is -0.368 e. The molecule has 0 aliphatic carbocycles. The summed E-state index contributed by atoms with van der Waals surface area (Å²) in [5.74, 6) is 1.12. The highest BCUT2D eigenvalue weighted by Gasteiger charge is 2.07. The Labute approximate surface area is 119 Å². The van der Waals surface area contributed by atoms with Gasteiger partial charge in [-0.15, -0.1) is 11.3 Å². The predicted molar refractivity (Wildman–Crippen MR) is 81.5 cm³/mol. The number of nitrogens with two attached hydrogens (primary N) is 1. The molecule has 8 heteroatoms. The van der Waals surface area contributed by atoms with Gasteiger partial charge in [-0.3, -0.25) is 0 Å². The zero-order valence-corrected chi connectivity index (χ0v) is 11.8. The van der Waals surface area contributed by atoms with Gasteiger partial charge in [-0.25, -0.2) is 4.98 Å². The zero-order valence-electron chi connectivity index (χ0n) is 11.0. The molecule has 0 amide bonds. The smallest absolute Gasteiger partial charge is 0.233 e. The third kappa shape index (κ3) is 2.45. The third-order valence-electron chi connectivity index (χ3n) is 2.63. The highest BCUT2D eigenvalue weighted by Crippen LogP contribution is 2.23. The minimum atomic E-state index is 0.185. The summed E-state index contributed by atoms with van der Waals surface area (Å²) in [4.78, 5) is 18.4. The molecule has 20 heavy (non-hydrogen) atoms. The van der Waals surface area contributed by atoms with Crippen molar-refractivity contribution in [2.75, 3.05) is 30.0 Å². The maximum Gasteiger partial charge on any atom is 0.233 e. The van der Waals surface area contributed by atoms with E-state index in [2.05, 4.69) is 25.3 Å². The van der Waals surface area contributed by atoms with Gasteiger partial charge in [0, 0.05) is 19.8 Å². The molecule has 0 unspecified atom stereocenters. The molecule has 1 aromatic carbocycles. The Morgan fingerprint density at radius 3 is 2.85 bits per heavy atom. The van der Waals surface area contributed by atoms with Crippen molar-refractivity contribution in [2.45, 2.75) is 0 Å². The molecule has 0 aliphatic rings. The van der Waals surface area contributed by atoms with E-state index in [1.165, 1.54) is 0 Å². The van der Waals surface area contributed by atoms with Crippen molar-refractivity contribution < 1.29 is 0 Å². The van der Waals surface area contributed by atoms with Crippen LogP contribution in [0.3, 0.4) is 0 Å². The Morgan fingerprint density at radius 1 is 1.20 bits per heavy atom. The zero-order chi connectivity index (χ0) is 14.1. The number of nitrogens with zero attached hydrogens (tertiary/aromatic N) is 5. The van der Waals surface area contributed by atoms with E-state index >= 15 is 0 Å². The van der Waals surface area contributed by atoms with Crippen molar-refractivity contribution in [3.63, 3.8) is 0 Å². The number of nitrogen functional groups attached to an aromatic ring is 1. The fourth-order valence-corrected chi connectivity index (χ4v) is 2.41. The Hall–Kier alpha value is -2.48. The van der Waals surface area contributed by atoms with Crippen LogP contribution in [-0.2, 0) is 0 Å². The van der Waals surface area contributed by atoms with Crippen LogP contribution in [0.25, 0.3) is 10.2 Å². The Bertz CT molecular complexity index is 752. The molecule has 0 spiro atoms.